The van der Waals surface area contributed by atoms with Crippen LogP contribution in [0.2, 0.25) is 5.02 Å². The minimum atomic E-state index is 0.580. The van der Waals surface area contributed by atoms with Gasteiger partial charge in [-0.15, -0.1) is 0 Å². The van der Waals surface area contributed by atoms with Gasteiger partial charge in [0.05, 0.1) is 10.7 Å². The molecule has 2 atom stereocenters. The first kappa shape index (κ1) is 14.4. The maximum atomic E-state index is 6.31. The smallest absolute Gasteiger partial charge is 0.0648 e. The van der Waals surface area contributed by atoms with Crippen LogP contribution < -0.4 is 5.32 Å². The molecule has 0 spiro atoms. The zero-order valence-corrected chi connectivity index (χ0v) is 14.0. The van der Waals surface area contributed by atoms with Crippen molar-refractivity contribution in [3.63, 3.8) is 0 Å². The fourth-order valence-electron chi connectivity index (χ4n) is 2.94. The Bertz CT molecular complexity index is 405. The Balaban J connectivity index is 2.11. The molecule has 2 unspecified atom stereocenters. The van der Waals surface area contributed by atoms with Crippen molar-refractivity contribution in [1.82, 2.24) is 0 Å². The zero-order chi connectivity index (χ0) is 13.1. The van der Waals surface area contributed by atoms with E-state index in [0.29, 0.717) is 6.04 Å². The standard InChI is InChI=1S/C15H21ClIN/c1-10(2)12-5-3-4-6-14(12)18-15-8-7-11(17)9-13(15)16/h7-10,12,14,18H,3-6H2,1-2H3. The number of hydrogen-bond acceptors (Lipinski definition) is 1. The second-order valence-corrected chi connectivity index (χ2v) is 7.22. The summed E-state index contributed by atoms with van der Waals surface area (Å²) in [6, 6.07) is 6.83. The van der Waals surface area contributed by atoms with Crippen molar-refractivity contribution in [3.8, 4) is 0 Å². The van der Waals surface area contributed by atoms with Crippen molar-refractivity contribution in [2.75, 3.05) is 5.32 Å². The predicted molar refractivity (Wildman–Crippen MR) is 88.4 cm³/mol. The first-order valence-corrected chi connectivity index (χ1v) is 8.25. The van der Waals surface area contributed by atoms with Gasteiger partial charge in [-0.05, 0) is 65.5 Å². The highest BCUT2D eigenvalue weighted by atomic mass is 127. The van der Waals surface area contributed by atoms with Gasteiger partial charge < -0.3 is 5.32 Å². The normalized spacial score (nSPS) is 24.3. The van der Waals surface area contributed by atoms with Gasteiger partial charge in [0.2, 0.25) is 0 Å². The molecule has 0 radical (unpaired) electrons. The molecule has 0 bridgehead atoms. The second kappa shape index (κ2) is 6.47. The van der Waals surface area contributed by atoms with Crippen molar-refractivity contribution in [1.29, 1.82) is 0 Å². The highest BCUT2D eigenvalue weighted by molar-refractivity contribution is 14.1. The van der Waals surface area contributed by atoms with Crippen molar-refractivity contribution in [3.05, 3.63) is 26.8 Å². The number of anilines is 1. The summed E-state index contributed by atoms with van der Waals surface area (Å²) in [5, 5.41) is 4.52. The molecule has 1 N–H and O–H groups in total. The monoisotopic (exact) mass is 377 g/mol. The van der Waals surface area contributed by atoms with E-state index in [9.17, 15) is 0 Å². The summed E-state index contributed by atoms with van der Waals surface area (Å²) in [6.07, 6.45) is 5.33. The van der Waals surface area contributed by atoms with Gasteiger partial charge in [-0.3, -0.25) is 0 Å². The molecule has 3 heteroatoms. The molecule has 1 aliphatic rings. The molecule has 0 amide bonds. The maximum Gasteiger partial charge on any atom is 0.0648 e. The molecule has 18 heavy (non-hydrogen) atoms. The van der Waals surface area contributed by atoms with Crippen molar-refractivity contribution < 1.29 is 0 Å². The molecule has 0 heterocycles. The quantitative estimate of drug-likeness (QED) is 0.679. The first-order chi connectivity index (χ1) is 8.58. The first-order valence-electron chi connectivity index (χ1n) is 6.79. The van der Waals surface area contributed by atoms with E-state index >= 15 is 0 Å². The van der Waals surface area contributed by atoms with Crippen LogP contribution in [0.3, 0.4) is 0 Å². The van der Waals surface area contributed by atoms with Crippen LogP contribution in [-0.4, -0.2) is 6.04 Å². The number of nitrogens with one attached hydrogen (secondary N) is 1. The van der Waals surface area contributed by atoms with E-state index in [1.807, 2.05) is 6.07 Å². The van der Waals surface area contributed by atoms with E-state index in [1.54, 1.807) is 0 Å². The van der Waals surface area contributed by atoms with E-state index in [0.717, 1.165) is 22.5 Å². The number of benzene rings is 1. The van der Waals surface area contributed by atoms with E-state index in [-0.39, 0.29) is 0 Å². The largest absolute Gasteiger partial charge is 0.381 e. The number of halogens is 2. The predicted octanol–water partition coefficient (Wildman–Crippen LogP) is 5.57. The Labute approximate surface area is 129 Å². The number of rotatable bonds is 3. The minimum absolute atomic E-state index is 0.580. The molecule has 0 aliphatic heterocycles. The lowest BCUT2D eigenvalue weighted by molar-refractivity contribution is 0.254. The minimum Gasteiger partial charge on any atom is -0.381 e. The van der Waals surface area contributed by atoms with Gasteiger partial charge in [0, 0.05) is 9.61 Å². The molecule has 1 aromatic carbocycles. The summed E-state index contributed by atoms with van der Waals surface area (Å²) in [6.45, 7) is 4.67. The summed E-state index contributed by atoms with van der Waals surface area (Å²) in [4.78, 5) is 0. The highest BCUT2D eigenvalue weighted by Crippen LogP contribution is 2.34. The molecular weight excluding hydrogens is 357 g/mol. The van der Waals surface area contributed by atoms with Gasteiger partial charge >= 0.3 is 0 Å². The Hall–Kier alpha value is 0.0400. The second-order valence-electron chi connectivity index (χ2n) is 5.57. The summed E-state index contributed by atoms with van der Waals surface area (Å²) in [5.41, 5.74) is 1.09. The summed E-state index contributed by atoms with van der Waals surface area (Å²) in [5.74, 6) is 1.51. The number of hydrogen-bond donors (Lipinski definition) is 1. The van der Waals surface area contributed by atoms with E-state index in [2.05, 4.69) is 53.9 Å². The molecule has 1 saturated carbocycles. The van der Waals surface area contributed by atoms with Crippen LogP contribution in [0, 0.1) is 15.4 Å². The van der Waals surface area contributed by atoms with Gasteiger partial charge in [0.15, 0.2) is 0 Å². The summed E-state index contributed by atoms with van der Waals surface area (Å²) < 4.78 is 1.19. The molecule has 2 rings (SSSR count). The average molecular weight is 378 g/mol. The Kier molecular flexibility index (Phi) is 5.19. The molecule has 1 fully saturated rings. The van der Waals surface area contributed by atoms with Gasteiger partial charge in [-0.1, -0.05) is 38.3 Å². The average Bonchev–Trinajstić information content (AvgIpc) is 2.33. The van der Waals surface area contributed by atoms with Crippen LogP contribution in [0.1, 0.15) is 39.5 Å². The molecule has 1 aromatic rings. The van der Waals surface area contributed by atoms with Gasteiger partial charge in [0.1, 0.15) is 0 Å². The molecular formula is C15H21ClIN. The topological polar surface area (TPSA) is 12.0 Å². The van der Waals surface area contributed by atoms with Gasteiger partial charge in [-0.25, -0.2) is 0 Å². The van der Waals surface area contributed by atoms with Crippen LogP contribution in [0.25, 0.3) is 0 Å². The summed E-state index contributed by atoms with van der Waals surface area (Å²) in [7, 11) is 0. The fourth-order valence-corrected chi connectivity index (χ4v) is 3.85. The Morgan fingerprint density at radius 1 is 1.28 bits per heavy atom. The van der Waals surface area contributed by atoms with Crippen LogP contribution in [-0.2, 0) is 0 Å². The van der Waals surface area contributed by atoms with Crippen molar-refractivity contribution in [2.24, 2.45) is 11.8 Å². The van der Waals surface area contributed by atoms with Crippen LogP contribution in [0.4, 0.5) is 5.69 Å². The molecule has 1 nitrogen and oxygen atoms in total. The van der Waals surface area contributed by atoms with E-state index < -0.39 is 0 Å². The SMILES string of the molecule is CC(C)C1CCCCC1Nc1ccc(I)cc1Cl. The van der Waals surface area contributed by atoms with Gasteiger partial charge in [-0.2, -0.15) is 0 Å². The van der Waals surface area contributed by atoms with Gasteiger partial charge in [0.25, 0.3) is 0 Å². The molecule has 1 aliphatic carbocycles. The lowest BCUT2D eigenvalue weighted by Gasteiger charge is -2.35. The molecule has 0 aromatic heterocycles. The van der Waals surface area contributed by atoms with Crippen molar-refractivity contribution in [2.45, 2.75) is 45.6 Å². The zero-order valence-electron chi connectivity index (χ0n) is 11.0. The fraction of sp³-hybridized carbons (Fsp3) is 0.600. The molecule has 0 saturated heterocycles. The maximum absolute atomic E-state index is 6.31. The lowest BCUT2D eigenvalue weighted by atomic mass is 9.78. The van der Waals surface area contributed by atoms with Crippen LogP contribution in [0.5, 0.6) is 0 Å². The third kappa shape index (κ3) is 3.53. The molecule has 100 valence electrons. The Morgan fingerprint density at radius 2 is 2.00 bits per heavy atom. The Morgan fingerprint density at radius 3 is 2.67 bits per heavy atom. The third-order valence-electron chi connectivity index (χ3n) is 3.95. The van der Waals surface area contributed by atoms with Crippen molar-refractivity contribution >= 4 is 39.9 Å². The van der Waals surface area contributed by atoms with Crippen LogP contribution in [0.15, 0.2) is 18.2 Å². The van der Waals surface area contributed by atoms with E-state index in [1.165, 1.54) is 29.3 Å². The highest BCUT2D eigenvalue weighted by Gasteiger charge is 2.27. The summed E-state index contributed by atoms with van der Waals surface area (Å²) >= 11 is 8.60. The lowest BCUT2D eigenvalue weighted by Crippen LogP contribution is -2.35. The van der Waals surface area contributed by atoms with Crippen LogP contribution >= 0.6 is 34.2 Å². The third-order valence-corrected chi connectivity index (χ3v) is 4.93. The van der Waals surface area contributed by atoms with E-state index in [4.69, 9.17) is 11.6 Å².